The number of benzene rings is 1. The average Bonchev–Trinajstić information content (AvgIpc) is 2.36. The van der Waals surface area contributed by atoms with Gasteiger partial charge in [0, 0.05) is 16.5 Å². The highest BCUT2D eigenvalue weighted by Gasteiger charge is 2.26. The minimum absolute atomic E-state index is 0.175. The third-order valence-corrected chi connectivity index (χ3v) is 7.42. The van der Waals surface area contributed by atoms with Gasteiger partial charge in [-0.25, -0.2) is 24.4 Å². The predicted octanol–water partition coefficient (Wildman–Crippen LogP) is 4.73. The van der Waals surface area contributed by atoms with E-state index in [1.165, 1.54) is 9.79 Å². The molecule has 2 rings (SSSR count). The lowest BCUT2D eigenvalue weighted by Crippen LogP contribution is -2.32. The predicted molar refractivity (Wildman–Crippen MR) is 105 cm³/mol. The smallest absolute Gasteiger partial charge is 0.213 e. The molecule has 0 unspecified atom stereocenters. The van der Waals surface area contributed by atoms with Crippen molar-refractivity contribution in [3.05, 3.63) is 41.8 Å². The summed E-state index contributed by atoms with van der Waals surface area (Å²) in [5.74, 6) is -0.175. The number of nitrogens with zero attached hydrogens (tertiary/aromatic N) is 1. The Balaban J connectivity index is 2.77. The molecule has 4 heteroatoms. The van der Waals surface area contributed by atoms with Crippen LogP contribution in [0.5, 0.6) is 0 Å². The van der Waals surface area contributed by atoms with Gasteiger partial charge in [0.25, 0.3) is 0 Å². The lowest BCUT2D eigenvalue weighted by molar-refractivity contribution is -0.662. The Hall–Kier alpha value is -1.00. The van der Waals surface area contributed by atoms with E-state index in [1.54, 1.807) is 12.1 Å². The number of aryl methyl sites for hydroxylation is 2. The molecule has 1 nitrogen and oxygen atoms in total. The van der Waals surface area contributed by atoms with Crippen molar-refractivity contribution in [2.75, 3.05) is 37.5 Å². The molecule has 128 valence electrons. The fourth-order valence-electron chi connectivity index (χ4n) is 2.73. The third-order valence-electron chi connectivity index (χ3n) is 3.99. The summed E-state index contributed by atoms with van der Waals surface area (Å²) in [5, 5.41) is 0. The summed E-state index contributed by atoms with van der Waals surface area (Å²) in [7, 11) is 0.425. The highest BCUT2D eigenvalue weighted by Crippen LogP contribution is 2.57. The van der Waals surface area contributed by atoms with Gasteiger partial charge in [-0.2, -0.15) is 4.57 Å². The summed E-state index contributed by atoms with van der Waals surface area (Å²) >= 11 is 0. The molecule has 0 bridgehead atoms. The summed E-state index contributed by atoms with van der Waals surface area (Å²) in [6.45, 7) is 1.98. The van der Waals surface area contributed by atoms with Crippen LogP contribution in [0.15, 0.2) is 40.3 Å². The summed E-state index contributed by atoms with van der Waals surface area (Å²) in [6.07, 6.45) is 16.4. The maximum atomic E-state index is 13.5. The molecule has 1 aromatic carbocycles. The monoisotopic (exact) mass is 354 g/mol. The molecule has 0 saturated heterocycles. The van der Waals surface area contributed by atoms with Crippen molar-refractivity contribution in [1.29, 1.82) is 0 Å². The van der Waals surface area contributed by atoms with E-state index in [0.717, 1.165) is 16.8 Å². The number of rotatable bonds is 3. The van der Waals surface area contributed by atoms with Gasteiger partial charge in [-0.05, 0) is 68.2 Å². The van der Waals surface area contributed by atoms with Gasteiger partial charge >= 0.3 is 0 Å². The molecule has 0 aliphatic carbocycles. The van der Waals surface area contributed by atoms with E-state index in [1.807, 2.05) is 13.0 Å². The Kier molecular flexibility index (Phi) is 4.89. The van der Waals surface area contributed by atoms with Crippen LogP contribution >= 0.6 is 20.1 Å². The van der Waals surface area contributed by atoms with Crippen molar-refractivity contribution in [3.8, 4) is 11.3 Å². The van der Waals surface area contributed by atoms with Gasteiger partial charge < -0.3 is 0 Å². The molecule has 0 radical (unpaired) electrons. The molecule has 0 spiro atoms. The van der Waals surface area contributed by atoms with E-state index in [2.05, 4.69) is 61.4 Å². The maximum absolute atomic E-state index is 13.5. The second-order valence-corrected chi connectivity index (χ2v) is 15.9. The molecule has 23 heavy (non-hydrogen) atoms. The van der Waals surface area contributed by atoms with E-state index >= 15 is 0 Å². The third kappa shape index (κ3) is 3.92. The van der Waals surface area contributed by atoms with E-state index in [4.69, 9.17) is 0 Å². The molecule has 0 amide bonds. The standard InChI is InChI=1S/C19H29FNS2/c1-14-11-15(20)9-10-16(14)17-12-18(22(3,4)5)19(13-21(17)2)23(6,7)8/h9-13H,1-8H3/q+1. The second-order valence-electron chi connectivity index (χ2n) is 7.63. The van der Waals surface area contributed by atoms with E-state index in [-0.39, 0.29) is 5.82 Å². The van der Waals surface area contributed by atoms with E-state index in [9.17, 15) is 4.39 Å². The first kappa shape index (κ1) is 18.3. The summed E-state index contributed by atoms with van der Waals surface area (Å²) in [4.78, 5) is 2.95. The molecule has 0 saturated carbocycles. The molecular formula is C19H29FNS2+. The highest BCUT2D eigenvalue weighted by molar-refractivity contribution is 8.34. The van der Waals surface area contributed by atoms with Gasteiger partial charge in [0.1, 0.15) is 12.9 Å². The minimum atomic E-state index is -0.851. The van der Waals surface area contributed by atoms with Crippen LogP contribution in [0.2, 0.25) is 0 Å². The van der Waals surface area contributed by atoms with Crippen LogP contribution in [0.1, 0.15) is 5.56 Å². The first-order valence-corrected chi connectivity index (χ1v) is 13.3. The van der Waals surface area contributed by atoms with Crippen LogP contribution in [0.3, 0.4) is 0 Å². The normalized spacial score (nSPS) is 14.0. The average molecular weight is 355 g/mol. The molecular weight excluding hydrogens is 325 g/mol. The molecule has 0 N–H and O–H groups in total. The number of pyridine rings is 1. The fourth-order valence-corrected chi connectivity index (χ4v) is 6.49. The summed E-state index contributed by atoms with van der Waals surface area (Å²) in [5.41, 5.74) is 3.24. The molecule has 0 aliphatic rings. The van der Waals surface area contributed by atoms with Crippen molar-refractivity contribution in [2.24, 2.45) is 7.05 Å². The first-order valence-electron chi connectivity index (χ1n) is 7.58. The van der Waals surface area contributed by atoms with Crippen LogP contribution in [0.25, 0.3) is 11.3 Å². The minimum Gasteiger partial charge on any atom is -0.222 e. The Morgan fingerprint density at radius 1 is 0.870 bits per heavy atom. The van der Waals surface area contributed by atoms with Crippen LogP contribution in [0.4, 0.5) is 4.39 Å². The fraction of sp³-hybridized carbons (Fsp3) is 0.421. The van der Waals surface area contributed by atoms with Crippen LogP contribution in [-0.2, 0) is 7.05 Å². The SMILES string of the molecule is Cc1cc(F)ccc1-c1cc(S(C)(C)C)c(S(C)(C)C)c[n+]1C. The Bertz CT molecular complexity index is 740. The number of aromatic nitrogens is 1. The van der Waals surface area contributed by atoms with Crippen LogP contribution in [0, 0.1) is 12.7 Å². The lowest BCUT2D eigenvalue weighted by Gasteiger charge is -2.35. The van der Waals surface area contributed by atoms with Gasteiger partial charge in [-0.3, -0.25) is 0 Å². The Morgan fingerprint density at radius 2 is 1.43 bits per heavy atom. The summed E-state index contributed by atoms with van der Waals surface area (Å²) < 4.78 is 15.7. The van der Waals surface area contributed by atoms with Crippen LogP contribution < -0.4 is 4.57 Å². The van der Waals surface area contributed by atoms with Crippen molar-refractivity contribution < 1.29 is 8.96 Å². The van der Waals surface area contributed by atoms with E-state index in [0.29, 0.717) is 0 Å². The van der Waals surface area contributed by atoms with Crippen molar-refractivity contribution >= 4 is 20.1 Å². The topological polar surface area (TPSA) is 3.88 Å². The van der Waals surface area contributed by atoms with Crippen LogP contribution in [-0.4, -0.2) is 37.5 Å². The van der Waals surface area contributed by atoms with Crippen molar-refractivity contribution in [1.82, 2.24) is 0 Å². The van der Waals surface area contributed by atoms with Gasteiger partial charge in [0.15, 0.2) is 6.20 Å². The van der Waals surface area contributed by atoms with Gasteiger partial charge in [0.2, 0.25) is 5.69 Å². The summed E-state index contributed by atoms with van der Waals surface area (Å²) in [6, 6.07) is 7.39. The Morgan fingerprint density at radius 3 is 1.91 bits per heavy atom. The molecule has 2 aromatic rings. The zero-order valence-corrected chi connectivity index (χ0v) is 17.2. The van der Waals surface area contributed by atoms with Gasteiger partial charge in [0.05, 0.1) is 4.90 Å². The molecule has 1 heterocycles. The van der Waals surface area contributed by atoms with Gasteiger partial charge in [-0.1, -0.05) is 0 Å². The Labute approximate surface area is 143 Å². The maximum Gasteiger partial charge on any atom is 0.213 e. The lowest BCUT2D eigenvalue weighted by atomic mass is 10.0. The number of hydrogen-bond donors (Lipinski definition) is 0. The quantitative estimate of drug-likeness (QED) is 0.702. The first-order chi connectivity index (χ1) is 10.4. The highest BCUT2D eigenvalue weighted by atomic mass is 32.3. The molecule has 0 aliphatic heterocycles. The molecule has 0 fully saturated rings. The number of halogens is 1. The largest absolute Gasteiger partial charge is 0.222 e. The zero-order valence-electron chi connectivity index (χ0n) is 15.5. The second kappa shape index (κ2) is 6.14. The number of hydrogen-bond acceptors (Lipinski definition) is 0. The van der Waals surface area contributed by atoms with Crippen molar-refractivity contribution in [3.63, 3.8) is 0 Å². The van der Waals surface area contributed by atoms with E-state index < -0.39 is 20.1 Å². The molecule has 0 atom stereocenters. The van der Waals surface area contributed by atoms with Crippen molar-refractivity contribution in [2.45, 2.75) is 16.7 Å². The van der Waals surface area contributed by atoms with Gasteiger partial charge in [-0.15, -0.1) is 0 Å². The molecule has 1 aromatic heterocycles. The zero-order chi connectivity index (χ0) is 17.6.